The molecular formula is C26H26F2N6. The van der Waals surface area contributed by atoms with Crippen LogP contribution in [0, 0.1) is 11.6 Å². The molecule has 0 unspecified atom stereocenters. The average molecular weight is 461 g/mol. The lowest BCUT2D eigenvalue weighted by Crippen LogP contribution is -2.48. The number of halogens is 2. The number of aryl methyl sites for hydroxylation is 2. The number of hydrogen-bond acceptors (Lipinski definition) is 5. The van der Waals surface area contributed by atoms with E-state index in [1.807, 2.05) is 35.2 Å². The van der Waals surface area contributed by atoms with Crippen LogP contribution < -0.4 is 4.90 Å². The van der Waals surface area contributed by atoms with E-state index in [9.17, 15) is 8.78 Å². The van der Waals surface area contributed by atoms with E-state index in [-0.39, 0.29) is 11.6 Å². The van der Waals surface area contributed by atoms with Gasteiger partial charge < -0.3 is 4.90 Å². The predicted octanol–water partition coefficient (Wildman–Crippen LogP) is 4.11. The van der Waals surface area contributed by atoms with E-state index >= 15 is 0 Å². The van der Waals surface area contributed by atoms with Gasteiger partial charge in [0.05, 0.1) is 5.69 Å². The summed E-state index contributed by atoms with van der Waals surface area (Å²) in [5, 5.41) is 12.5. The van der Waals surface area contributed by atoms with Gasteiger partial charge in [0.1, 0.15) is 17.7 Å². The van der Waals surface area contributed by atoms with Gasteiger partial charge in [0.2, 0.25) is 0 Å². The number of hydrogen-bond donors (Lipinski definition) is 0. The third-order valence-corrected chi connectivity index (χ3v) is 6.33. The lowest BCUT2D eigenvalue weighted by Gasteiger charge is -2.40. The van der Waals surface area contributed by atoms with Crippen molar-refractivity contribution in [3.8, 4) is 0 Å². The fourth-order valence-corrected chi connectivity index (χ4v) is 4.57. The van der Waals surface area contributed by atoms with Crippen molar-refractivity contribution >= 4 is 5.69 Å². The molecule has 8 heteroatoms. The molecule has 0 N–H and O–H groups in total. The minimum absolute atomic E-state index is 0.230. The minimum Gasteiger partial charge on any atom is -0.367 e. The highest BCUT2D eigenvalue weighted by atomic mass is 19.1. The van der Waals surface area contributed by atoms with Crippen LogP contribution in [0.4, 0.5) is 14.5 Å². The largest absolute Gasteiger partial charge is 0.367 e. The molecule has 2 heterocycles. The Balaban J connectivity index is 1.40. The average Bonchev–Trinajstić information content (AvgIpc) is 3.34. The standard InChI is InChI=1S/C26H26F2N6/c27-22-11-5-4-10-21(22)25(26-29-30-31-34(26)15-14-20-8-2-1-3-9-20)33-18-16-32(17-19-33)24-13-7-6-12-23(24)28/h1-13,25H,14-19H2/t25-/m1/s1. The van der Waals surface area contributed by atoms with Crippen molar-refractivity contribution in [3.63, 3.8) is 0 Å². The normalized spacial score (nSPS) is 15.4. The van der Waals surface area contributed by atoms with E-state index in [1.54, 1.807) is 28.9 Å². The highest BCUT2D eigenvalue weighted by molar-refractivity contribution is 5.48. The molecule has 0 radical (unpaired) electrons. The highest BCUT2D eigenvalue weighted by Crippen LogP contribution is 2.31. The summed E-state index contributed by atoms with van der Waals surface area (Å²) in [6, 6.07) is 23.3. The molecule has 1 aromatic heterocycles. The summed E-state index contributed by atoms with van der Waals surface area (Å²) in [7, 11) is 0. The van der Waals surface area contributed by atoms with Gasteiger partial charge in [0.25, 0.3) is 0 Å². The van der Waals surface area contributed by atoms with E-state index < -0.39 is 6.04 Å². The zero-order valence-corrected chi connectivity index (χ0v) is 18.8. The summed E-state index contributed by atoms with van der Waals surface area (Å²) in [6.45, 7) is 3.08. The summed E-state index contributed by atoms with van der Waals surface area (Å²) < 4.78 is 31.1. The van der Waals surface area contributed by atoms with E-state index in [0.29, 0.717) is 49.8 Å². The minimum atomic E-state index is -0.435. The van der Waals surface area contributed by atoms with E-state index in [0.717, 1.165) is 6.42 Å². The van der Waals surface area contributed by atoms with Crippen molar-refractivity contribution in [1.29, 1.82) is 0 Å². The highest BCUT2D eigenvalue weighted by Gasteiger charge is 2.32. The molecule has 34 heavy (non-hydrogen) atoms. The van der Waals surface area contributed by atoms with Crippen molar-refractivity contribution < 1.29 is 8.78 Å². The second-order valence-corrected chi connectivity index (χ2v) is 8.39. The van der Waals surface area contributed by atoms with Crippen molar-refractivity contribution in [2.45, 2.75) is 19.0 Å². The van der Waals surface area contributed by atoms with Crippen LogP contribution >= 0.6 is 0 Å². The molecule has 3 aromatic carbocycles. The van der Waals surface area contributed by atoms with Gasteiger partial charge in [-0.15, -0.1) is 5.10 Å². The number of tetrazole rings is 1. The fraction of sp³-hybridized carbons (Fsp3) is 0.269. The fourth-order valence-electron chi connectivity index (χ4n) is 4.57. The van der Waals surface area contributed by atoms with Crippen LogP contribution in [-0.4, -0.2) is 51.3 Å². The van der Waals surface area contributed by atoms with Crippen molar-refractivity contribution in [2.75, 3.05) is 31.1 Å². The summed E-state index contributed by atoms with van der Waals surface area (Å²) in [5.41, 5.74) is 2.32. The van der Waals surface area contributed by atoms with Gasteiger partial charge in [-0.05, 0) is 40.6 Å². The molecule has 1 saturated heterocycles. The SMILES string of the molecule is Fc1ccccc1[C@H](c1nnnn1CCc1ccccc1)N1CCN(c2ccccc2F)CC1. The number of piperazine rings is 1. The van der Waals surface area contributed by atoms with Crippen molar-refractivity contribution in [2.24, 2.45) is 0 Å². The van der Waals surface area contributed by atoms with Crippen LogP contribution in [0.1, 0.15) is 23.0 Å². The second-order valence-electron chi connectivity index (χ2n) is 8.39. The van der Waals surface area contributed by atoms with E-state index in [4.69, 9.17) is 0 Å². The molecule has 0 bridgehead atoms. The molecule has 5 rings (SSSR count). The second kappa shape index (κ2) is 10.1. The summed E-state index contributed by atoms with van der Waals surface area (Å²) >= 11 is 0. The molecule has 0 saturated carbocycles. The Morgan fingerprint density at radius 2 is 1.44 bits per heavy atom. The summed E-state index contributed by atoms with van der Waals surface area (Å²) in [6.07, 6.45) is 0.768. The molecule has 1 aliphatic heterocycles. The lowest BCUT2D eigenvalue weighted by atomic mass is 10.0. The van der Waals surface area contributed by atoms with Gasteiger partial charge in [-0.3, -0.25) is 4.90 Å². The van der Waals surface area contributed by atoms with Crippen LogP contribution in [0.3, 0.4) is 0 Å². The maximum absolute atomic E-state index is 15.0. The maximum atomic E-state index is 15.0. The number of nitrogens with zero attached hydrogens (tertiary/aromatic N) is 6. The smallest absolute Gasteiger partial charge is 0.173 e. The molecule has 174 valence electrons. The quantitative estimate of drug-likeness (QED) is 0.416. The van der Waals surface area contributed by atoms with Crippen LogP contribution in [0.5, 0.6) is 0 Å². The zero-order chi connectivity index (χ0) is 23.3. The Labute approximate surface area is 197 Å². The molecule has 0 amide bonds. The van der Waals surface area contributed by atoms with Gasteiger partial charge in [-0.1, -0.05) is 60.7 Å². The Morgan fingerprint density at radius 3 is 2.18 bits per heavy atom. The maximum Gasteiger partial charge on any atom is 0.173 e. The third kappa shape index (κ3) is 4.68. The molecule has 4 aromatic rings. The first-order valence-corrected chi connectivity index (χ1v) is 11.5. The van der Waals surface area contributed by atoms with Gasteiger partial charge in [-0.2, -0.15) is 0 Å². The Kier molecular flexibility index (Phi) is 6.58. The molecule has 6 nitrogen and oxygen atoms in total. The van der Waals surface area contributed by atoms with E-state index in [2.05, 4.69) is 32.6 Å². The monoisotopic (exact) mass is 460 g/mol. The molecule has 1 aliphatic rings. The van der Waals surface area contributed by atoms with Crippen LogP contribution in [0.25, 0.3) is 0 Å². The number of benzene rings is 3. The summed E-state index contributed by atoms with van der Waals surface area (Å²) in [4.78, 5) is 4.21. The first-order chi connectivity index (χ1) is 16.7. The molecular weight excluding hydrogens is 434 g/mol. The number of aromatic nitrogens is 4. The van der Waals surface area contributed by atoms with Crippen LogP contribution in [0.2, 0.25) is 0 Å². The van der Waals surface area contributed by atoms with Gasteiger partial charge in [0.15, 0.2) is 5.82 Å². The Hall–Kier alpha value is -3.65. The number of rotatable bonds is 7. The molecule has 1 atom stereocenters. The van der Waals surface area contributed by atoms with Gasteiger partial charge in [0, 0.05) is 38.3 Å². The van der Waals surface area contributed by atoms with Crippen molar-refractivity contribution in [3.05, 3.63) is 107 Å². The summed E-state index contributed by atoms with van der Waals surface area (Å²) in [5.74, 6) is 0.0912. The van der Waals surface area contributed by atoms with Gasteiger partial charge in [-0.25, -0.2) is 13.5 Å². The molecule has 0 aliphatic carbocycles. The third-order valence-electron chi connectivity index (χ3n) is 6.33. The first-order valence-electron chi connectivity index (χ1n) is 11.5. The first kappa shape index (κ1) is 22.2. The number of anilines is 1. The lowest BCUT2D eigenvalue weighted by molar-refractivity contribution is 0.197. The van der Waals surface area contributed by atoms with Crippen molar-refractivity contribution in [1.82, 2.24) is 25.1 Å². The number of para-hydroxylation sites is 1. The van der Waals surface area contributed by atoms with Crippen LogP contribution in [-0.2, 0) is 13.0 Å². The van der Waals surface area contributed by atoms with E-state index in [1.165, 1.54) is 17.7 Å². The molecule has 0 spiro atoms. The molecule has 1 fully saturated rings. The predicted molar refractivity (Wildman–Crippen MR) is 126 cm³/mol. The van der Waals surface area contributed by atoms with Crippen LogP contribution in [0.15, 0.2) is 78.9 Å². The van der Waals surface area contributed by atoms with Gasteiger partial charge >= 0.3 is 0 Å². The Morgan fingerprint density at radius 1 is 0.765 bits per heavy atom. The topological polar surface area (TPSA) is 50.1 Å². The Bertz CT molecular complexity index is 1220. The zero-order valence-electron chi connectivity index (χ0n) is 18.8.